The fourth-order valence-corrected chi connectivity index (χ4v) is 0.911. The molecule has 0 N–H and O–H groups in total. The summed E-state index contributed by atoms with van der Waals surface area (Å²) in [6, 6.07) is 0. The van der Waals surface area contributed by atoms with E-state index in [9.17, 15) is 0 Å². The molecule has 0 aliphatic heterocycles. The first-order valence-corrected chi connectivity index (χ1v) is 7.42. The molecule has 0 aliphatic rings. The summed E-state index contributed by atoms with van der Waals surface area (Å²) in [7, 11) is 0. The Kier molecular flexibility index (Phi) is 23.4. The molecule has 0 nitrogen and oxygen atoms in total. The molecule has 0 atom stereocenters. The van der Waals surface area contributed by atoms with Gasteiger partial charge in [0.05, 0.1) is 0 Å². The van der Waals surface area contributed by atoms with Gasteiger partial charge in [0.1, 0.15) is 0 Å². The molecule has 0 spiro atoms. The van der Waals surface area contributed by atoms with Gasteiger partial charge in [0.25, 0.3) is 0 Å². The van der Waals surface area contributed by atoms with Gasteiger partial charge in [0, 0.05) is 0 Å². The summed E-state index contributed by atoms with van der Waals surface area (Å²) in [5.41, 5.74) is 0. The van der Waals surface area contributed by atoms with E-state index in [1.807, 2.05) is 6.08 Å². The number of rotatable bonds is 5. The minimum Gasteiger partial charge on any atom is -0.103 e. The molecule has 0 fully saturated rings. The quantitative estimate of drug-likeness (QED) is 0.470. The molecule has 0 heterocycles. The SMILES string of the molecule is C=CCC(C)C.CCC(C)C.CCCC(C)C. The summed E-state index contributed by atoms with van der Waals surface area (Å²) in [5, 5.41) is 0. The number of allylic oxidation sites excluding steroid dienone is 1. The van der Waals surface area contributed by atoms with Crippen LogP contribution in [-0.4, -0.2) is 0 Å². The number of hydrogen-bond acceptors (Lipinski definition) is 0. The Balaban J connectivity index is -0.000000174. The Labute approximate surface area is 112 Å². The van der Waals surface area contributed by atoms with Crippen LogP contribution in [0, 0.1) is 17.8 Å². The molecular weight excluding hydrogens is 204 g/mol. The van der Waals surface area contributed by atoms with Crippen molar-refractivity contribution in [3.05, 3.63) is 12.7 Å². The third-order valence-electron chi connectivity index (χ3n) is 2.32. The standard InChI is InChI=1S/C6H14.C6H12.C5H12/c2*1-4-5-6(2)3;1-4-5(2)3/h6H,4-5H2,1-3H3;4,6H,1,5H2,2-3H3;5H,4H2,1-3H3. The van der Waals surface area contributed by atoms with Crippen molar-refractivity contribution in [2.45, 2.75) is 81.1 Å². The normalized spacial score (nSPS) is 9.59. The van der Waals surface area contributed by atoms with E-state index >= 15 is 0 Å². The molecular formula is C17H38. The Morgan fingerprint density at radius 3 is 1.24 bits per heavy atom. The molecule has 17 heavy (non-hydrogen) atoms. The van der Waals surface area contributed by atoms with Gasteiger partial charge in [-0.1, -0.05) is 80.7 Å². The molecule has 0 aliphatic carbocycles. The molecule has 0 saturated carbocycles. The van der Waals surface area contributed by atoms with Crippen LogP contribution in [0.2, 0.25) is 0 Å². The van der Waals surface area contributed by atoms with Crippen molar-refractivity contribution in [3.8, 4) is 0 Å². The van der Waals surface area contributed by atoms with E-state index in [0.717, 1.165) is 24.2 Å². The zero-order chi connectivity index (χ0) is 14.3. The topological polar surface area (TPSA) is 0 Å². The van der Waals surface area contributed by atoms with Crippen LogP contribution in [0.3, 0.4) is 0 Å². The van der Waals surface area contributed by atoms with Crippen molar-refractivity contribution >= 4 is 0 Å². The van der Waals surface area contributed by atoms with Gasteiger partial charge in [0.2, 0.25) is 0 Å². The molecule has 0 radical (unpaired) electrons. The van der Waals surface area contributed by atoms with Gasteiger partial charge in [0.15, 0.2) is 0 Å². The van der Waals surface area contributed by atoms with Gasteiger partial charge in [-0.25, -0.2) is 0 Å². The van der Waals surface area contributed by atoms with Gasteiger partial charge in [-0.15, -0.1) is 6.58 Å². The zero-order valence-corrected chi connectivity index (χ0v) is 13.8. The van der Waals surface area contributed by atoms with Crippen LogP contribution in [0.4, 0.5) is 0 Å². The second-order valence-corrected chi connectivity index (χ2v) is 5.90. The fraction of sp³-hybridized carbons (Fsp3) is 0.882. The zero-order valence-electron chi connectivity index (χ0n) is 13.8. The maximum atomic E-state index is 3.60. The molecule has 0 amide bonds. The molecule has 0 saturated heterocycles. The molecule has 0 aromatic carbocycles. The van der Waals surface area contributed by atoms with E-state index in [1.165, 1.54) is 19.3 Å². The highest BCUT2D eigenvalue weighted by atomic mass is 13.9. The summed E-state index contributed by atoms with van der Waals surface area (Å²) < 4.78 is 0. The molecule has 0 bridgehead atoms. The van der Waals surface area contributed by atoms with E-state index < -0.39 is 0 Å². The predicted octanol–water partition coefficient (Wildman–Crippen LogP) is 6.71. The van der Waals surface area contributed by atoms with Crippen molar-refractivity contribution in [2.24, 2.45) is 17.8 Å². The van der Waals surface area contributed by atoms with Gasteiger partial charge in [-0.2, -0.15) is 0 Å². The second-order valence-electron chi connectivity index (χ2n) is 5.90. The van der Waals surface area contributed by atoms with Crippen LogP contribution in [0.15, 0.2) is 12.7 Å². The lowest BCUT2D eigenvalue weighted by atomic mass is 10.1. The highest BCUT2D eigenvalue weighted by molar-refractivity contribution is 4.67. The van der Waals surface area contributed by atoms with E-state index in [4.69, 9.17) is 0 Å². The van der Waals surface area contributed by atoms with Crippen LogP contribution in [0.5, 0.6) is 0 Å². The Morgan fingerprint density at radius 2 is 1.24 bits per heavy atom. The minimum absolute atomic E-state index is 0.780. The van der Waals surface area contributed by atoms with Crippen molar-refractivity contribution in [3.63, 3.8) is 0 Å². The van der Waals surface area contributed by atoms with Crippen molar-refractivity contribution in [1.29, 1.82) is 0 Å². The number of hydrogen-bond donors (Lipinski definition) is 0. The van der Waals surface area contributed by atoms with Gasteiger partial charge < -0.3 is 0 Å². The van der Waals surface area contributed by atoms with Crippen LogP contribution >= 0.6 is 0 Å². The average Bonchev–Trinajstić information content (AvgIpc) is 2.19. The lowest BCUT2D eigenvalue weighted by Gasteiger charge is -1.95. The summed E-state index contributed by atoms with van der Waals surface area (Å²) in [6.07, 6.45) is 7.10. The third kappa shape index (κ3) is 49.6. The van der Waals surface area contributed by atoms with Gasteiger partial charge in [-0.3, -0.25) is 0 Å². The van der Waals surface area contributed by atoms with E-state index in [0.29, 0.717) is 0 Å². The average molecular weight is 242 g/mol. The van der Waals surface area contributed by atoms with Crippen LogP contribution in [0.1, 0.15) is 81.1 Å². The molecule has 106 valence electrons. The predicted molar refractivity (Wildman–Crippen MR) is 84.5 cm³/mol. The van der Waals surface area contributed by atoms with E-state index in [2.05, 4.69) is 62.0 Å². The summed E-state index contributed by atoms with van der Waals surface area (Å²) in [4.78, 5) is 0. The molecule has 0 heteroatoms. The van der Waals surface area contributed by atoms with Crippen molar-refractivity contribution < 1.29 is 0 Å². The van der Waals surface area contributed by atoms with Crippen LogP contribution in [-0.2, 0) is 0 Å². The third-order valence-corrected chi connectivity index (χ3v) is 2.32. The minimum atomic E-state index is 0.780. The van der Waals surface area contributed by atoms with Gasteiger partial charge in [-0.05, 0) is 24.2 Å². The summed E-state index contributed by atoms with van der Waals surface area (Å²) in [5.74, 6) is 2.56. The Hall–Kier alpha value is -0.260. The maximum absolute atomic E-state index is 3.60. The highest BCUT2D eigenvalue weighted by Crippen LogP contribution is 2.00. The fourth-order valence-electron chi connectivity index (χ4n) is 0.911. The first-order chi connectivity index (χ1) is 7.81. The van der Waals surface area contributed by atoms with E-state index in [1.54, 1.807) is 0 Å². The van der Waals surface area contributed by atoms with Crippen molar-refractivity contribution in [1.82, 2.24) is 0 Å². The largest absolute Gasteiger partial charge is 0.103 e. The maximum Gasteiger partial charge on any atom is -0.0330 e. The second kappa shape index (κ2) is 18.1. The summed E-state index contributed by atoms with van der Waals surface area (Å²) in [6.45, 7) is 21.3. The first-order valence-electron chi connectivity index (χ1n) is 7.42. The molecule has 0 aromatic heterocycles. The lowest BCUT2D eigenvalue weighted by Crippen LogP contribution is -1.81. The summed E-state index contributed by atoms with van der Waals surface area (Å²) >= 11 is 0. The lowest BCUT2D eigenvalue weighted by molar-refractivity contribution is 0.576. The highest BCUT2D eigenvalue weighted by Gasteiger charge is 1.85. The van der Waals surface area contributed by atoms with Crippen molar-refractivity contribution in [2.75, 3.05) is 0 Å². The Morgan fingerprint density at radius 1 is 0.824 bits per heavy atom. The van der Waals surface area contributed by atoms with Crippen LogP contribution < -0.4 is 0 Å². The van der Waals surface area contributed by atoms with E-state index in [-0.39, 0.29) is 0 Å². The van der Waals surface area contributed by atoms with Gasteiger partial charge >= 0.3 is 0 Å². The monoisotopic (exact) mass is 242 g/mol. The molecule has 0 rings (SSSR count). The first kappa shape index (κ1) is 22.0. The van der Waals surface area contributed by atoms with Crippen LogP contribution in [0.25, 0.3) is 0 Å². The Bertz CT molecular complexity index is 120. The molecule has 0 unspecified atom stereocenters. The smallest absolute Gasteiger partial charge is 0.0330 e. The molecule has 0 aromatic rings.